The summed E-state index contributed by atoms with van der Waals surface area (Å²) in [5.74, 6) is 0. The maximum atomic E-state index is 13.1. The molecule has 1 aliphatic rings. The average Bonchev–Trinajstić information content (AvgIpc) is 3.43. The number of halogens is 3. The Morgan fingerprint density at radius 3 is 2.35 bits per heavy atom. The Bertz CT molecular complexity index is 1240. The van der Waals surface area contributed by atoms with Crippen LogP contribution in [0.15, 0.2) is 9.59 Å². The number of nitrogens with zero attached hydrogens (tertiary/aromatic N) is 3. The molecule has 0 bridgehead atoms. The molecule has 3 amide bonds. The number of carbonyl (C=O) groups excluding carboxylic acids is 2. The van der Waals surface area contributed by atoms with Crippen LogP contribution in [0.1, 0.15) is 56.5 Å². The number of urea groups is 1. The molecule has 2 aromatic heterocycles. The van der Waals surface area contributed by atoms with Crippen LogP contribution in [0.4, 0.5) is 22.8 Å². The number of nitrogens with one attached hydrogen (secondary N) is 1. The van der Waals surface area contributed by atoms with E-state index >= 15 is 0 Å². The number of amides is 3. The van der Waals surface area contributed by atoms with E-state index in [0.29, 0.717) is 23.3 Å². The number of primary amides is 1. The molecule has 0 aromatic carbocycles. The number of aryl methyl sites for hydroxylation is 2. The van der Waals surface area contributed by atoms with Crippen molar-refractivity contribution >= 4 is 33.7 Å². The number of nitrogens with two attached hydrogens (primary N) is 1. The fourth-order valence-corrected chi connectivity index (χ4v) is 4.68. The van der Waals surface area contributed by atoms with Gasteiger partial charge >= 0.3 is 24.0 Å². The van der Waals surface area contributed by atoms with E-state index in [0.717, 1.165) is 25.5 Å². The zero-order valence-electron chi connectivity index (χ0n) is 19.1. The van der Waals surface area contributed by atoms with Gasteiger partial charge < -0.3 is 10.5 Å². The lowest BCUT2D eigenvalue weighted by atomic mass is 10.2. The summed E-state index contributed by atoms with van der Waals surface area (Å²) in [6.07, 6.45) is -5.51. The molecular formula is C20H26F3N5O5S. The minimum absolute atomic E-state index is 0.0744. The van der Waals surface area contributed by atoms with E-state index in [1.165, 1.54) is 0 Å². The van der Waals surface area contributed by atoms with Crippen molar-refractivity contribution in [3.63, 3.8) is 0 Å². The standard InChI is InChI=1S/C20H26F3N5O5S/c1-10-12(9-27(16(24)30)25-17(31)33-19(2,3)4)34-15-13(10)14(29)28(11-5-6-11)18(32)26(15)8-7-20(21,22)23/h11H,5-9H2,1-4H3,(H2,24,30)(H,25,31). The van der Waals surface area contributed by atoms with Crippen molar-refractivity contribution in [1.82, 2.24) is 19.6 Å². The van der Waals surface area contributed by atoms with Crippen molar-refractivity contribution in [2.75, 3.05) is 0 Å². The lowest BCUT2D eigenvalue weighted by molar-refractivity contribution is -0.136. The van der Waals surface area contributed by atoms with Crippen LogP contribution in [0, 0.1) is 6.92 Å². The highest BCUT2D eigenvalue weighted by Crippen LogP contribution is 2.35. The molecule has 0 radical (unpaired) electrons. The van der Waals surface area contributed by atoms with Crippen LogP contribution in [-0.4, -0.2) is 38.0 Å². The number of hydrogen-bond acceptors (Lipinski definition) is 6. The van der Waals surface area contributed by atoms with Crippen LogP contribution in [0.5, 0.6) is 0 Å². The number of ether oxygens (including phenoxy) is 1. The molecule has 3 N–H and O–H groups in total. The summed E-state index contributed by atoms with van der Waals surface area (Å²) < 4.78 is 45.8. The Morgan fingerprint density at radius 2 is 1.85 bits per heavy atom. The molecule has 1 saturated carbocycles. The Balaban J connectivity index is 2.05. The highest BCUT2D eigenvalue weighted by molar-refractivity contribution is 7.18. The molecule has 2 aromatic rings. The Morgan fingerprint density at radius 1 is 1.24 bits per heavy atom. The number of aromatic nitrogens is 2. The van der Waals surface area contributed by atoms with Crippen molar-refractivity contribution in [2.45, 2.75) is 77.9 Å². The van der Waals surface area contributed by atoms with Gasteiger partial charge in [-0.15, -0.1) is 11.3 Å². The third kappa shape index (κ3) is 5.72. The van der Waals surface area contributed by atoms with Crippen molar-refractivity contribution in [3.8, 4) is 0 Å². The van der Waals surface area contributed by atoms with E-state index in [4.69, 9.17) is 10.5 Å². The van der Waals surface area contributed by atoms with Gasteiger partial charge in [0.05, 0.1) is 18.4 Å². The third-order valence-electron chi connectivity index (χ3n) is 5.07. The van der Waals surface area contributed by atoms with Gasteiger partial charge in [-0.1, -0.05) is 0 Å². The van der Waals surface area contributed by atoms with Gasteiger partial charge in [-0.2, -0.15) is 13.2 Å². The smallest absolute Gasteiger partial charge is 0.426 e. The molecule has 10 nitrogen and oxygen atoms in total. The van der Waals surface area contributed by atoms with Crippen LogP contribution in [0.25, 0.3) is 10.2 Å². The fourth-order valence-electron chi connectivity index (χ4n) is 3.38. The first-order valence-electron chi connectivity index (χ1n) is 10.5. The zero-order valence-corrected chi connectivity index (χ0v) is 19.9. The topological polar surface area (TPSA) is 129 Å². The summed E-state index contributed by atoms with van der Waals surface area (Å²) in [6, 6.07) is -1.37. The van der Waals surface area contributed by atoms with Crippen LogP contribution < -0.4 is 22.4 Å². The molecule has 188 valence electrons. The molecule has 1 aliphatic carbocycles. The molecule has 0 unspecified atom stereocenters. The zero-order chi connectivity index (χ0) is 25.6. The number of rotatable bonds is 5. The number of hydrazine groups is 1. The molecule has 14 heteroatoms. The second kappa shape index (κ2) is 8.96. The van der Waals surface area contributed by atoms with Crippen LogP contribution in [-0.2, 0) is 17.8 Å². The highest BCUT2D eigenvalue weighted by atomic mass is 32.1. The molecule has 0 saturated heterocycles. The summed E-state index contributed by atoms with van der Waals surface area (Å²) in [7, 11) is 0. The average molecular weight is 506 g/mol. The number of carbonyl (C=O) groups is 2. The van der Waals surface area contributed by atoms with Crippen LogP contribution >= 0.6 is 11.3 Å². The lowest BCUT2D eigenvalue weighted by Crippen LogP contribution is -2.49. The second-order valence-corrected chi connectivity index (χ2v) is 10.2. The highest BCUT2D eigenvalue weighted by Gasteiger charge is 2.33. The summed E-state index contributed by atoms with van der Waals surface area (Å²) in [6.45, 7) is 5.52. The summed E-state index contributed by atoms with van der Waals surface area (Å²) in [5, 5.41) is 0.874. The fraction of sp³-hybridized carbons (Fsp3) is 0.600. The van der Waals surface area contributed by atoms with E-state index in [2.05, 4.69) is 5.43 Å². The van der Waals surface area contributed by atoms with E-state index in [-0.39, 0.29) is 22.8 Å². The number of thiophene rings is 1. The summed E-state index contributed by atoms with van der Waals surface area (Å²) >= 11 is 0.897. The minimum Gasteiger partial charge on any atom is -0.443 e. The SMILES string of the molecule is Cc1c(CN(NC(=O)OC(C)(C)C)C(N)=O)sc2c1c(=O)n(C1CC1)c(=O)n2CCC(F)(F)F. The number of alkyl halides is 3. The van der Waals surface area contributed by atoms with Crippen LogP contribution in [0.3, 0.4) is 0 Å². The van der Waals surface area contributed by atoms with Crippen molar-refractivity contribution < 1.29 is 27.5 Å². The Labute approximate surface area is 196 Å². The predicted molar refractivity (Wildman–Crippen MR) is 119 cm³/mol. The van der Waals surface area contributed by atoms with E-state index in [1.54, 1.807) is 27.7 Å². The van der Waals surface area contributed by atoms with E-state index < -0.39 is 48.1 Å². The van der Waals surface area contributed by atoms with E-state index in [9.17, 15) is 32.3 Å². The molecule has 0 atom stereocenters. The first kappa shape index (κ1) is 25.6. The van der Waals surface area contributed by atoms with Crippen LogP contribution in [0.2, 0.25) is 0 Å². The van der Waals surface area contributed by atoms with Gasteiger partial charge in [-0.3, -0.25) is 13.9 Å². The molecule has 3 rings (SSSR count). The largest absolute Gasteiger partial charge is 0.443 e. The normalized spacial score (nSPS) is 14.3. The third-order valence-corrected chi connectivity index (χ3v) is 6.37. The van der Waals surface area contributed by atoms with Crippen molar-refractivity contribution in [1.29, 1.82) is 0 Å². The van der Waals surface area contributed by atoms with Gasteiger partial charge in [-0.25, -0.2) is 24.8 Å². The summed E-state index contributed by atoms with van der Waals surface area (Å²) in [5.41, 5.74) is 5.75. The number of fused-ring (bicyclic) bond motifs is 1. The van der Waals surface area contributed by atoms with E-state index in [1.807, 2.05) is 0 Å². The van der Waals surface area contributed by atoms with Gasteiger partial charge in [0.2, 0.25) is 0 Å². The van der Waals surface area contributed by atoms with Gasteiger partial charge in [0, 0.05) is 17.5 Å². The maximum Gasteiger partial charge on any atom is 0.426 e. The molecule has 2 heterocycles. The first-order valence-corrected chi connectivity index (χ1v) is 11.3. The molecule has 34 heavy (non-hydrogen) atoms. The van der Waals surface area contributed by atoms with Gasteiger partial charge in [0.15, 0.2) is 0 Å². The van der Waals surface area contributed by atoms with Gasteiger partial charge in [0.1, 0.15) is 10.4 Å². The Kier molecular flexibility index (Phi) is 6.75. The quantitative estimate of drug-likeness (QED) is 0.604. The number of hydrogen-bond donors (Lipinski definition) is 2. The predicted octanol–water partition coefficient (Wildman–Crippen LogP) is 3.14. The summed E-state index contributed by atoms with van der Waals surface area (Å²) in [4.78, 5) is 50.5. The first-order chi connectivity index (χ1) is 15.6. The molecular weight excluding hydrogens is 479 g/mol. The molecule has 0 spiro atoms. The van der Waals surface area contributed by atoms with Crippen molar-refractivity contribution in [3.05, 3.63) is 31.3 Å². The Hall–Kier alpha value is -3.03. The van der Waals surface area contributed by atoms with Gasteiger partial charge in [0.25, 0.3) is 5.56 Å². The molecule has 1 fully saturated rings. The second-order valence-electron chi connectivity index (χ2n) is 9.07. The van der Waals surface area contributed by atoms with Crippen molar-refractivity contribution in [2.24, 2.45) is 5.73 Å². The lowest BCUT2D eigenvalue weighted by Gasteiger charge is -2.24. The van der Waals surface area contributed by atoms with Gasteiger partial charge in [-0.05, 0) is 46.1 Å². The monoisotopic (exact) mass is 505 g/mol. The molecule has 0 aliphatic heterocycles. The maximum absolute atomic E-state index is 13.1. The minimum atomic E-state index is -4.50.